The largest absolute Gasteiger partial charge is 0.476 e. The lowest BCUT2D eigenvalue weighted by molar-refractivity contribution is 0.0691. The van der Waals surface area contributed by atoms with Crippen molar-refractivity contribution in [2.45, 2.75) is 26.0 Å². The maximum Gasteiger partial charge on any atom is 0.409 e. The summed E-state index contributed by atoms with van der Waals surface area (Å²) in [7, 11) is 5.02. The van der Waals surface area contributed by atoms with Crippen LogP contribution in [0.3, 0.4) is 0 Å². The zero-order valence-corrected chi connectivity index (χ0v) is 22.5. The molecule has 4 atom stereocenters. The summed E-state index contributed by atoms with van der Waals surface area (Å²) in [4.78, 5) is 49.5. The van der Waals surface area contributed by atoms with E-state index < -0.39 is 12.0 Å². The number of anilines is 2. The lowest BCUT2D eigenvalue weighted by Gasteiger charge is -2.25. The number of aromatic carboxylic acids is 1. The first-order valence-electron chi connectivity index (χ1n) is 12.3. The maximum atomic E-state index is 13.4. The van der Waals surface area contributed by atoms with Crippen LogP contribution in [0.25, 0.3) is 10.9 Å². The second-order valence-electron chi connectivity index (χ2n) is 10.2. The average molecular weight is 541 g/mol. The third-order valence-electron chi connectivity index (χ3n) is 7.23. The summed E-state index contributed by atoms with van der Waals surface area (Å²) >= 11 is 5.91. The molecule has 1 amide bonds. The van der Waals surface area contributed by atoms with Gasteiger partial charge in [-0.2, -0.15) is 0 Å². The van der Waals surface area contributed by atoms with Gasteiger partial charge in [0, 0.05) is 51.6 Å². The number of rotatable bonds is 6. The van der Waals surface area contributed by atoms with Crippen molar-refractivity contribution < 1.29 is 19.4 Å². The Balaban J connectivity index is 1.47. The van der Waals surface area contributed by atoms with E-state index in [1.165, 1.54) is 11.0 Å². The minimum Gasteiger partial charge on any atom is -0.476 e. The molecule has 1 aliphatic heterocycles. The van der Waals surface area contributed by atoms with Crippen LogP contribution in [0.1, 0.15) is 34.6 Å². The monoisotopic (exact) mass is 540 g/mol. The molecule has 38 heavy (non-hydrogen) atoms. The standard InChI is InChI=1S/C26H29ClN6O5/c1-12-8-14(13(2)28-18-6-7-19(27)29-21(18)24(35)36)20-15(9-12)23(34)32(5)25(30-20)33-10-16-17(11-33)22(16)38-26(37)31(3)4/h6-9,13,16-17,22,28H,10-11H2,1-5H3,(H,35,36)/t13-,16-,17+,22?/m0/s1. The number of ether oxygens (including phenoxy) is 1. The van der Waals surface area contributed by atoms with Crippen molar-refractivity contribution in [2.24, 2.45) is 18.9 Å². The molecule has 0 radical (unpaired) electrons. The van der Waals surface area contributed by atoms with Gasteiger partial charge in [0.1, 0.15) is 11.3 Å². The number of piperidine rings is 1. The number of hydrogen-bond acceptors (Lipinski definition) is 8. The number of carboxylic acids is 1. The Morgan fingerprint density at radius 2 is 1.89 bits per heavy atom. The molecule has 1 saturated heterocycles. The van der Waals surface area contributed by atoms with E-state index in [1.807, 2.05) is 26.0 Å². The third-order valence-corrected chi connectivity index (χ3v) is 7.44. The van der Waals surface area contributed by atoms with Crippen molar-refractivity contribution in [2.75, 3.05) is 37.4 Å². The first kappa shape index (κ1) is 25.8. The van der Waals surface area contributed by atoms with E-state index in [0.717, 1.165) is 11.1 Å². The smallest absolute Gasteiger partial charge is 0.409 e. The molecule has 1 saturated carbocycles. The lowest BCUT2D eigenvalue weighted by atomic mass is 10.0. The highest BCUT2D eigenvalue weighted by Crippen LogP contribution is 2.48. The van der Waals surface area contributed by atoms with E-state index in [2.05, 4.69) is 15.2 Å². The van der Waals surface area contributed by atoms with Crippen molar-refractivity contribution in [3.63, 3.8) is 0 Å². The summed E-state index contributed by atoms with van der Waals surface area (Å²) in [6, 6.07) is 6.45. The van der Waals surface area contributed by atoms with Gasteiger partial charge in [-0.25, -0.2) is 19.6 Å². The van der Waals surface area contributed by atoms with E-state index in [0.29, 0.717) is 35.6 Å². The average Bonchev–Trinajstić information content (AvgIpc) is 3.28. The molecule has 5 rings (SSSR count). The predicted molar refractivity (Wildman–Crippen MR) is 143 cm³/mol. The number of carboxylic acid groups (broad SMARTS) is 1. The molecular weight excluding hydrogens is 512 g/mol. The molecular formula is C26H29ClN6O5. The third kappa shape index (κ3) is 4.51. The summed E-state index contributed by atoms with van der Waals surface area (Å²) in [6.45, 7) is 5.05. The van der Waals surface area contributed by atoms with Crippen LogP contribution in [0.15, 0.2) is 29.1 Å². The molecule has 12 heteroatoms. The molecule has 2 aliphatic rings. The summed E-state index contributed by atoms with van der Waals surface area (Å²) < 4.78 is 7.12. The van der Waals surface area contributed by atoms with Gasteiger partial charge in [-0.3, -0.25) is 9.36 Å². The van der Waals surface area contributed by atoms with Gasteiger partial charge in [0.15, 0.2) is 5.69 Å². The van der Waals surface area contributed by atoms with E-state index in [1.54, 1.807) is 31.8 Å². The highest BCUT2D eigenvalue weighted by atomic mass is 35.5. The Hall–Kier alpha value is -3.86. The Bertz CT molecular complexity index is 1510. The number of halogens is 1. The van der Waals surface area contributed by atoms with Gasteiger partial charge < -0.3 is 25.0 Å². The lowest BCUT2D eigenvalue weighted by Crippen LogP contribution is -2.34. The molecule has 3 heterocycles. The quantitative estimate of drug-likeness (QED) is 0.452. The van der Waals surface area contributed by atoms with Crippen molar-refractivity contribution in [3.8, 4) is 0 Å². The van der Waals surface area contributed by atoms with Crippen molar-refractivity contribution in [3.05, 3.63) is 56.6 Å². The SMILES string of the molecule is Cc1cc([C@H](C)Nc2ccc(Cl)nc2C(=O)O)c2nc(N3C[C@@H]4C(OC(=O)N(C)C)[C@@H]4C3)n(C)c(=O)c2c1. The summed E-state index contributed by atoms with van der Waals surface area (Å²) in [5.74, 6) is -0.246. The van der Waals surface area contributed by atoms with Gasteiger partial charge in [-0.1, -0.05) is 17.7 Å². The van der Waals surface area contributed by atoms with Crippen LogP contribution in [0.5, 0.6) is 0 Å². The molecule has 1 aliphatic carbocycles. The number of aryl methyl sites for hydroxylation is 1. The zero-order valence-electron chi connectivity index (χ0n) is 21.7. The van der Waals surface area contributed by atoms with Gasteiger partial charge in [0.05, 0.1) is 22.6 Å². The highest BCUT2D eigenvalue weighted by molar-refractivity contribution is 6.29. The van der Waals surface area contributed by atoms with Crippen molar-refractivity contribution in [1.29, 1.82) is 0 Å². The zero-order chi connectivity index (χ0) is 27.5. The molecule has 0 spiro atoms. The number of carbonyl (C=O) groups excluding carboxylic acids is 1. The molecule has 3 aromatic rings. The number of amides is 1. The second-order valence-corrected chi connectivity index (χ2v) is 10.6. The van der Waals surface area contributed by atoms with Gasteiger partial charge in [0.2, 0.25) is 5.95 Å². The first-order chi connectivity index (χ1) is 18.0. The van der Waals surface area contributed by atoms with Gasteiger partial charge in [0.25, 0.3) is 5.56 Å². The molecule has 2 fully saturated rings. The fraction of sp³-hybridized carbons (Fsp3) is 0.423. The number of fused-ring (bicyclic) bond motifs is 2. The fourth-order valence-electron chi connectivity index (χ4n) is 5.21. The number of carbonyl (C=O) groups is 2. The fourth-order valence-corrected chi connectivity index (χ4v) is 5.36. The van der Waals surface area contributed by atoms with Gasteiger partial charge >= 0.3 is 12.1 Å². The molecule has 1 aromatic carbocycles. The van der Waals surface area contributed by atoms with Crippen LogP contribution in [0.2, 0.25) is 5.15 Å². The highest BCUT2D eigenvalue weighted by Gasteiger charge is 2.59. The molecule has 2 aromatic heterocycles. The Morgan fingerprint density at radius 3 is 2.53 bits per heavy atom. The maximum absolute atomic E-state index is 13.4. The van der Waals surface area contributed by atoms with E-state index in [4.69, 9.17) is 21.3 Å². The number of pyridine rings is 1. The van der Waals surface area contributed by atoms with E-state index >= 15 is 0 Å². The molecule has 1 unspecified atom stereocenters. The van der Waals surface area contributed by atoms with E-state index in [-0.39, 0.29) is 40.4 Å². The molecule has 11 nitrogen and oxygen atoms in total. The van der Waals surface area contributed by atoms with Gasteiger partial charge in [-0.05, 0) is 37.6 Å². The minimum absolute atomic E-state index is 0.0822. The van der Waals surface area contributed by atoms with Crippen LogP contribution in [0.4, 0.5) is 16.4 Å². The van der Waals surface area contributed by atoms with Crippen LogP contribution in [-0.4, -0.2) is 69.9 Å². The van der Waals surface area contributed by atoms with Crippen LogP contribution in [-0.2, 0) is 11.8 Å². The molecule has 200 valence electrons. The predicted octanol–water partition coefficient (Wildman–Crippen LogP) is 3.29. The Morgan fingerprint density at radius 1 is 1.21 bits per heavy atom. The Labute approximate surface area is 224 Å². The number of hydrogen-bond donors (Lipinski definition) is 2. The van der Waals surface area contributed by atoms with Crippen LogP contribution >= 0.6 is 11.6 Å². The summed E-state index contributed by atoms with van der Waals surface area (Å²) in [5.41, 5.74) is 2.14. The number of nitrogens with zero attached hydrogens (tertiary/aromatic N) is 5. The van der Waals surface area contributed by atoms with Crippen molar-refractivity contribution >= 4 is 46.2 Å². The van der Waals surface area contributed by atoms with Crippen LogP contribution < -0.4 is 15.8 Å². The molecule has 2 N–H and O–H groups in total. The van der Waals surface area contributed by atoms with Gasteiger partial charge in [-0.15, -0.1) is 0 Å². The first-order valence-corrected chi connectivity index (χ1v) is 12.6. The summed E-state index contributed by atoms with van der Waals surface area (Å²) in [6.07, 6.45) is -0.465. The van der Waals surface area contributed by atoms with E-state index in [9.17, 15) is 19.5 Å². The number of nitrogens with one attached hydrogen (secondary N) is 1. The number of aromatic nitrogens is 3. The topological polar surface area (TPSA) is 130 Å². The minimum atomic E-state index is -1.20. The van der Waals surface area contributed by atoms with Crippen molar-refractivity contribution in [1.82, 2.24) is 19.4 Å². The molecule has 0 bridgehead atoms. The normalized spacial score (nSPS) is 20.7. The van der Waals surface area contributed by atoms with Crippen LogP contribution in [0, 0.1) is 18.8 Å². The number of benzene rings is 1. The second kappa shape index (κ2) is 9.46. The Kier molecular flexibility index (Phi) is 6.42. The summed E-state index contributed by atoms with van der Waals surface area (Å²) in [5, 5.41) is 13.4.